The number of rotatable bonds is 2. The van der Waals surface area contributed by atoms with Crippen LogP contribution in [0, 0.1) is 0 Å². The van der Waals surface area contributed by atoms with Crippen molar-refractivity contribution in [2.24, 2.45) is 0 Å². The highest BCUT2D eigenvalue weighted by molar-refractivity contribution is 5.33. The number of nitrogens with zero attached hydrogens (tertiary/aromatic N) is 1. The van der Waals surface area contributed by atoms with Gasteiger partial charge in [0, 0.05) is 19.3 Å². The van der Waals surface area contributed by atoms with Crippen molar-refractivity contribution < 1.29 is 4.74 Å². The van der Waals surface area contributed by atoms with Crippen LogP contribution >= 0.6 is 0 Å². The predicted octanol–water partition coefficient (Wildman–Crippen LogP) is 1.95. The van der Waals surface area contributed by atoms with Crippen molar-refractivity contribution in [1.29, 1.82) is 0 Å². The van der Waals surface area contributed by atoms with E-state index in [9.17, 15) is 4.79 Å². The monoisotopic (exact) mass is 236 g/mol. The van der Waals surface area contributed by atoms with Crippen molar-refractivity contribution >= 4 is 5.69 Å². The average Bonchev–Trinajstić information content (AvgIpc) is 2.34. The van der Waals surface area contributed by atoms with Crippen LogP contribution in [0.3, 0.4) is 0 Å². The van der Waals surface area contributed by atoms with Gasteiger partial charge in [-0.05, 0) is 44.7 Å². The Hall–Kier alpha value is -1.29. The van der Waals surface area contributed by atoms with Crippen molar-refractivity contribution in [3.63, 3.8) is 0 Å². The fourth-order valence-corrected chi connectivity index (χ4v) is 2.51. The summed E-state index contributed by atoms with van der Waals surface area (Å²) in [6.07, 6.45) is 5.73. The van der Waals surface area contributed by atoms with Crippen LogP contribution in [0.2, 0.25) is 0 Å². The second kappa shape index (κ2) is 4.53. The van der Waals surface area contributed by atoms with Gasteiger partial charge in [-0.1, -0.05) is 0 Å². The molecule has 2 rings (SSSR count). The number of aromatic nitrogens is 1. The molecule has 0 unspecified atom stereocenters. The number of hydrogen-bond acceptors (Lipinski definition) is 3. The highest BCUT2D eigenvalue weighted by Gasteiger charge is 2.31. The van der Waals surface area contributed by atoms with Crippen molar-refractivity contribution in [2.75, 3.05) is 12.8 Å². The van der Waals surface area contributed by atoms with E-state index < -0.39 is 0 Å². The molecule has 4 nitrogen and oxygen atoms in total. The van der Waals surface area contributed by atoms with Gasteiger partial charge in [0.1, 0.15) is 0 Å². The molecular weight excluding hydrogens is 216 g/mol. The molecule has 0 saturated heterocycles. The molecule has 0 bridgehead atoms. The van der Waals surface area contributed by atoms with Crippen LogP contribution in [0.4, 0.5) is 5.69 Å². The molecule has 2 N–H and O–H groups in total. The van der Waals surface area contributed by atoms with Gasteiger partial charge in [-0.2, -0.15) is 0 Å². The van der Waals surface area contributed by atoms with Gasteiger partial charge in [0.2, 0.25) is 0 Å². The molecule has 1 aliphatic carbocycles. The summed E-state index contributed by atoms with van der Waals surface area (Å²) in [5, 5.41) is 0. The van der Waals surface area contributed by atoms with Crippen molar-refractivity contribution in [3.8, 4) is 0 Å². The standard InChI is InChI=1S/C13H20N2O2/c1-13(17-2)7-5-10(6-8-13)15-9-3-4-11(14)12(15)16/h3-4,9-10H,5-8,14H2,1-2H3/t10-,13+. The van der Waals surface area contributed by atoms with E-state index in [-0.39, 0.29) is 17.2 Å². The molecular formula is C13H20N2O2. The lowest BCUT2D eigenvalue weighted by Crippen LogP contribution is -2.36. The summed E-state index contributed by atoms with van der Waals surface area (Å²) < 4.78 is 7.27. The summed E-state index contributed by atoms with van der Waals surface area (Å²) >= 11 is 0. The van der Waals surface area contributed by atoms with E-state index in [0.717, 1.165) is 25.7 Å². The van der Waals surface area contributed by atoms with Crippen molar-refractivity contribution in [1.82, 2.24) is 4.57 Å². The molecule has 1 aliphatic rings. The summed E-state index contributed by atoms with van der Waals surface area (Å²) in [5.74, 6) is 0. The first-order chi connectivity index (χ1) is 8.06. The number of nitrogens with two attached hydrogens (primary N) is 1. The molecule has 0 radical (unpaired) electrons. The summed E-state index contributed by atoms with van der Waals surface area (Å²) in [5.41, 5.74) is 5.88. The molecule has 1 heterocycles. The van der Waals surface area contributed by atoms with E-state index in [1.807, 2.05) is 12.3 Å². The Morgan fingerprint density at radius 3 is 2.71 bits per heavy atom. The van der Waals surface area contributed by atoms with E-state index in [0.29, 0.717) is 5.69 Å². The Kier molecular flexibility index (Phi) is 3.24. The quantitative estimate of drug-likeness (QED) is 0.853. The molecule has 0 amide bonds. The lowest BCUT2D eigenvalue weighted by atomic mass is 9.83. The van der Waals surface area contributed by atoms with E-state index in [1.165, 1.54) is 0 Å². The third-order valence-electron chi connectivity index (χ3n) is 3.90. The molecule has 1 saturated carbocycles. The Bertz CT molecular complexity index is 445. The number of nitrogen functional groups attached to an aromatic ring is 1. The van der Waals surface area contributed by atoms with Gasteiger partial charge in [-0.15, -0.1) is 0 Å². The molecule has 17 heavy (non-hydrogen) atoms. The Morgan fingerprint density at radius 2 is 2.12 bits per heavy atom. The van der Waals surface area contributed by atoms with Gasteiger partial charge >= 0.3 is 0 Å². The largest absolute Gasteiger partial charge is 0.394 e. The molecule has 0 aromatic carbocycles. The lowest BCUT2D eigenvalue weighted by molar-refractivity contribution is -0.0324. The number of hydrogen-bond donors (Lipinski definition) is 1. The molecule has 94 valence electrons. The highest BCUT2D eigenvalue weighted by atomic mass is 16.5. The summed E-state index contributed by atoms with van der Waals surface area (Å²) in [7, 11) is 1.76. The normalized spacial score (nSPS) is 29.2. The summed E-state index contributed by atoms with van der Waals surface area (Å²) in [4.78, 5) is 11.9. The minimum absolute atomic E-state index is 0.0273. The first-order valence-electron chi connectivity index (χ1n) is 6.07. The SMILES string of the molecule is CO[C@]1(C)CC[C@H](n2cccc(N)c2=O)CC1. The highest BCUT2D eigenvalue weighted by Crippen LogP contribution is 2.35. The average molecular weight is 236 g/mol. The minimum atomic E-state index is -0.0708. The van der Waals surface area contributed by atoms with Crippen LogP contribution in [0.1, 0.15) is 38.6 Å². The summed E-state index contributed by atoms with van der Waals surface area (Å²) in [6, 6.07) is 3.75. The Balaban J connectivity index is 2.16. The third-order valence-corrected chi connectivity index (χ3v) is 3.90. The van der Waals surface area contributed by atoms with E-state index in [4.69, 9.17) is 10.5 Å². The van der Waals surface area contributed by atoms with Crippen molar-refractivity contribution in [3.05, 3.63) is 28.7 Å². The molecule has 1 fully saturated rings. The zero-order chi connectivity index (χ0) is 12.5. The van der Waals surface area contributed by atoms with Gasteiger partial charge in [0.25, 0.3) is 5.56 Å². The van der Waals surface area contributed by atoms with Crippen LogP contribution in [0.5, 0.6) is 0 Å². The fourth-order valence-electron chi connectivity index (χ4n) is 2.51. The van der Waals surface area contributed by atoms with Crippen molar-refractivity contribution in [2.45, 2.75) is 44.2 Å². The lowest BCUT2D eigenvalue weighted by Gasteiger charge is -2.36. The van der Waals surface area contributed by atoms with Crippen LogP contribution in [0.25, 0.3) is 0 Å². The number of ether oxygens (including phenoxy) is 1. The second-order valence-electron chi connectivity index (χ2n) is 5.06. The molecule has 0 aliphatic heterocycles. The smallest absolute Gasteiger partial charge is 0.273 e. The first kappa shape index (κ1) is 12.2. The van der Waals surface area contributed by atoms with Crippen LogP contribution in [0.15, 0.2) is 23.1 Å². The Labute approximate surface area is 101 Å². The Morgan fingerprint density at radius 1 is 1.47 bits per heavy atom. The van der Waals surface area contributed by atoms with Crippen LogP contribution in [-0.2, 0) is 4.74 Å². The number of pyridine rings is 1. The van der Waals surface area contributed by atoms with Gasteiger partial charge in [0.15, 0.2) is 0 Å². The third kappa shape index (κ3) is 2.36. The molecule has 0 atom stereocenters. The molecule has 1 aromatic rings. The molecule has 4 heteroatoms. The predicted molar refractivity (Wildman–Crippen MR) is 68.0 cm³/mol. The maximum Gasteiger partial charge on any atom is 0.273 e. The number of anilines is 1. The van der Waals surface area contributed by atoms with E-state index >= 15 is 0 Å². The van der Waals surface area contributed by atoms with Crippen LogP contribution in [-0.4, -0.2) is 17.3 Å². The molecule has 1 aromatic heterocycles. The fraction of sp³-hybridized carbons (Fsp3) is 0.615. The minimum Gasteiger partial charge on any atom is -0.394 e. The van der Waals surface area contributed by atoms with Gasteiger partial charge in [-0.3, -0.25) is 4.79 Å². The zero-order valence-electron chi connectivity index (χ0n) is 10.5. The topological polar surface area (TPSA) is 57.2 Å². The zero-order valence-corrected chi connectivity index (χ0v) is 10.5. The van der Waals surface area contributed by atoms with Gasteiger partial charge < -0.3 is 15.0 Å². The maximum absolute atomic E-state index is 11.9. The van der Waals surface area contributed by atoms with Gasteiger partial charge in [-0.25, -0.2) is 0 Å². The summed E-state index contributed by atoms with van der Waals surface area (Å²) in [6.45, 7) is 2.13. The second-order valence-corrected chi connectivity index (χ2v) is 5.06. The molecule has 0 spiro atoms. The van der Waals surface area contributed by atoms with Crippen LogP contribution < -0.4 is 11.3 Å². The van der Waals surface area contributed by atoms with E-state index in [1.54, 1.807) is 17.7 Å². The van der Waals surface area contributed by atoms with E-state index in [2.05, 4.69) is 6.92 Å². The first-order valence-corrected chi connectivity index (χ1v) is 6.07. The maximum atomic E-state index is 11.9. The van der Waals surface area contributed by atoms with Gasteiger partial charge in [0.05, 0.1) is 11.3 Å². The number of methoxy groups -OCH3 is 1.